The number of rotatable bonds is 1. The number of halogens is 4. The van der Waals surface area contributed by atoms with Gasteiger partial charge in [0.2, 0.25) is 0 Å². The smallest absolute Gasteiger partial charge is 0.166 e. The van der Waals surface area contributed by atoms with Crippen LogP contribution in [0.2, 0.25) is 5.02 Å². The molecule has 3 nitrogen and oxygen atoms in total. The molecule has 1 aromatic rings. The molecule has 0 aliphatic rings. The van der Waals surface area contributed by atoms with Gasteiger partial charge in [-0.25, -0.2) is 0 Å². The predicted molar refractivity (Wildman–Crippen MR) is 52.0 cm³/mol. The summed E-state index contributed by atoms with van der Waals surface area (Å²) < 4.78 is 36.7. The van der Waals surface area contributed by atoms with Gasteiger partial charge in [-0.15, -0.1) is 0 Å². The third kappa shape index (κ3) is 3.34. The van der Waals surface area contributed by atoms with E-state index >= 15 is 0 Å². The standard InChI is InChI=1S/C7H3ClF3N3.CH4/c8-6-2-1-4(13-14-12)3-5(6)7(9,10)11;/h1-3H;1H4. The van der Waals surface area contributed by atoms with Crippen LogP contribution in [0.25, 0.3) is 10.4 Å². The Balaban J connectivity index is 0.00000196. The normalized spacial score (nSPS) is 10.1. The largest absolute Gasteiger partial charge is 0.417 e. The van der Waals surface area contributed by atoms with Gasteiger partial charge in [-0.2, -0.15) is 13.2 Å². The van der Waals surface area contributed by atoms with E-state index in [1.54, 1.807) is 0 Å². The average molecular weight is 238 g/mol. The molecule has 0 aromatic heterocycles. The van der Waals surface area contributed by atoms with Crippen LogP contribution in [0.15, 0.2) is 23.3 Å². The summed E-state index contributed by atoms with van der Waals surface area (Å²) >= 11 is 5.33. The highest BCUT2D eigenvalue weighted by molar-refractivity contribution is 6.31. The monoisotopic (exact) mass is 237 g/mol. The Morgan fingerprint density at radius 1 is 1.33 bits per heavy atom. The molecule has 1 rings (SSSR count). The van der Waals surface area contributed by atoms with E-state index in [9.17, 15) is 13.2 Å². The molecule has 0 unspecified atom stereocenters. The molecule has 0 saturated heterocycles. The summed E-state index contributed by atoms with van der Waals surface area (Å²) in [6.07, 6.45) is -4.54. The summed E-state index contributed by atoms with van der Waals surface area (Å²) in [5.74, 6) is 0. The zero-order chi connectivity index (χ0) is 10.8. The molecule has 0 radical (unpaired) electrons. The highest BCUT2D eigenvalue weighted by atomic mass is 35.5. The van der Waals surface area contributed by atoms with Gasteiger partial charge in [0.05, 0.1) is 10.6 Å². The second kappa shape index (κ2) is 4.91. The molecule has 0 amide bonds. The molecule has 0 bridgehead atoms. The van der Waals surface area contributed by atoms with Gasteiger partial charge in [0.15, 0.2) is 0 Å². The predicted octanol–water partition coefficient (Wildman–Crippen LogP) is 4.94. The van der Waals surface area contributed by atoms with Crippen molar-refractivity contribution in [3.8, 4) is 0 Å². The molecule has 0 N–H and O–H groups in total. The van der Waals surface area contributed by atoms with Crippen LogP contribution in [0.5, 0.6) is 0 Å². The Hall–Kier alpha value is -1.39. The summed E-state index contributed by atoms with van der Waals surface area (Å²) in [6.45, 7) is 0. The highest BCUT2D eigenvalue weighted by Crippen LogP contribution is 2.36. The fraction of sp³-hybridized carbons (Fsp3) is 0.250. The topological polar surface area (TPSA) is 48.8 Å². The van der Waals surface area contributed by atoms with Gasteiger partial charge >= 0.3 is 6.18 Å². The minimum Gasteiger partial charge on any atom is -0.166 e. The minimum atomic E-state index is -4.54. The lowest BCUT2D eigenvalue weighted by atomic mass is 10.2. The van der Waals surface area contributed by atoms with E-state index in [-0.39, 0.29) is 13.1 Å². The summed E-state index contributed by atoms with van der Waals surface area (Å²) in [5, 5.41) is 2.62. The van der Waals surface area contributed by atoms with Crippen LogP contribution < -0.4 is 0 Å². The summed E-state index contributed by atoms with van der Waals surface area (Å²) in [4.78, 5) is 2.37. The molecule has 15 heavy (non-hydrogen) atoms. The zero-order valence-corrected chi connectivity index (χ0v) is 7.34. The molecule has 1 aromatic carbocycles. The Kier molecular flexibility index (Phi) is 4.45. The lowest BCUT2D eigenvalue weighted by Crippen LogP contribution is -2.05. The second-order valence-electron chi connectivity index (χ2n) is 2.35. The molecule has 0 saturated carbocycles. The van der Waals surface area contributed by atoms with Crippen molar-refractivity contribution in [3.63, 3.8) is 0 Å². The zero-order valence-electron chi connectivity index (χ0n) is 6.59. The van der Waals surface area contributed by atoms with Gasteiger partial charge in [0, 0.05) is 10.6 Å². The maximum absolute atomic E-state index is 12.2. The van der Waals surface area contributed by atoms with Crippen molar-refractivity contribution < 1.29 is 13.2 Å². The maximum atomic E-state index is 12.2. The molecular weight excluding hydrogens is 231 g/mol. The first-order valence-electron chi connectivity index (χ1n) is 3.37. The van der Waals surface area contributed by atoms with Crippen LogP contribution in [0, 0.1) is 0 Å². The summed E-state index contributed by atoms with van der Waals surface area (Å²) in [5.41, 5.74) is 6.90. The van der Waals surface area contributed by atoms with Crippen molar-refractivity contribution in [2.75, 3.05) is 0 Å². The van der Waals surface area contributed by atoms with Gasteiger partial charge in [-0.05, 0) is 17.7 Å². The van der Waals surface area contributed by atoms with Gasteiger partial charge in [0.1, 0.15) is 0 Å². The van der Waals surface area contributed by atoms with Crippen molar-refractivity contribution in [3.05, 3.63) is 39.2 Å². The van der Waals surface area contributed by atoms with Crippen molar-refractivity contribution in [2.24, 2.45) is 5.11 Å². The summed E-state index contributed by atoms with van der Waals surface area (Å²) in [6, 6.07) is 2.94. The lowest BCUT2D eigenvalue weighted by molar-refractivity contribution is -0.137. The van der Waals surface area contributed by atoms with Crippen molar-refractivity contribution in [2.45, 2.75) is 13.6 Å². The molecule has 82 valence electrons. The van der Waals surface area contributed by atoms with Gasteiger partial charge < -0.3 is 0 Å². The molecule has 0 aliphatic carbocycles. The number of hydrogen-bond acceptors (Lipinski definition) is 1. The van der Waals surface area contributed by atoms with Crippen LogP contribution in [0.4, 0.5) is 18.9 Å². The first-order valence-corrected chi connectivity index (χ1v) is 3.75. The fourth-order valence-corrected chi connectivity index (χ4v) is 1.07. The van der Waals surface area contributed by atoms with Crippen molar-refractivity contribution >= 4 is 17.3 Å². The molecule has 0 aliphatic heterocycles. The third-order valence-corrected chi connectivity index (χ3v) is 1.75. The number of azide groups is 1. The first kappa shape index (κ1) is 13.6. The van der Waals surface area contributed by atoms with E-state index in [0.717, 1.165) is 6.07 Å². The van der Waals surface area contributed by atoms with Crippen LogP contribution in [-0.4, -0.2) is 0 Å². The van der Waals surface area contributed by atoms with Crippen molar-refractivity contribution in [1.82, 2.24) is 0 Å². The van der Waals surface area contributed by atoms with Crippen LogP contribution in [0.1, 0.15) is 13.0 Å². The van der Waals surface area contributed by atoms with E-state index in [2.05, 4.69) is 10.0 Å². The van der Waals surface area contributed by atoms with Crippen LogP contribution >= 0.6 is 11.6 Å². The number of alkyl halides is 3. The molecule has 0 fully saturated rings. The fourth-order valence-electron chi connectivity index (χ4n) is 0.844. The highest BCUT2D eigenvalue weighted by Gasteiger charge is 2.33. The number of nitrogens with zero attached hydrogens (tertiary/aromatic N) is 3. The SMILES string of the molecule is C.[N-]=[N+]=Nc1ccc(Cl)c(C(F)(F)F)c1. The maximum Gasteiger partial charge on any atom is 0.417 e. The first-order chi connectivity index (χ1) is 6.45. The Labute approximate surface area is 89.1 Å². The van der Waals surface area contributed by atoms with E-state index in [1.165, 1.54) is 6.07 Å². The lowest BCUT2D eigenvalue weighted by Gasteiger charge is -2.08. The molecule has 0 atom stereocenters. The van der Waals surface area contributed by atoms with Gasteiger partial charge in [0.25, 0.3) is 0 Å². The van der Waals surface area contributed by atoms with E-state index < -0.39 is 16.8 Å². The Bertz CT molecular complexity index is 397. The Morgan fingerprint density at radius 2 is 1.93 bits per heavy atom. The van der Waals surface area contributed by atoms with E-state index in [1.807, 2.05) is 0 Å². The number of hydrogen-bond donors (Lipinski definition) is 0. The molecule has 0 spiro atoms. The van der Waals surface area contributed by atoms with E-state index in [0.29, 0.717) is 6.07 Å². The van der Waals surface area contributed by atoms with E-state index in [4.69, 9.17) is 17.1 Å². The molecule has 7 heteroatoms. The van der Waals surface area contributed by atoms with Gasteiger partial charge in [-0.3, -0.25) is 0 Å². The third-order valence-electron chi connectivity index (χ3n) is 1.42. The quantitative estimate of drug-likeness (QED) is 0.377. The molecule has 0 heterocycles. The second-order valence-corrected chi connectivity index (χ2v) is 2.76. The number of benzene rings is 1. The van der Waals surface area contributed by atoms with Crippen LogP contribution in [-0.2, 0) is 6.18 Å². The van der Waals surface area contributed by atoms with Crippen molar-refractivity contribution in [1.29, 1.82) is 0 Å². The summed E-state index contributed by atoms with van der Waals surface area (Å²) in [7, 11) is 0. The average Bonchev–Trinajstić information content (AvgIpc) is 2.07. The Morgan fingerprint density at radius 3 is 2.40 bits per heavy atom. The molecular formula is C8H7ClF3N3. The van der Waals surface area contributed by atoms with Gasteiger partial charge in [-0.1, -0.05) is 30.2 Å². The van der Waals surface area contributed by atoms with Crippen LogP contribution in [0.3, 0.4) is 0 Å². The minimum absolute atomic E-state index is 0.